The van der Waals surface area contributed by atoms with Gasteiger partial charge in [-0.3, -0.25) is 9.48 Å². The Balaban J connectivity index is 2.03. The van der Waals surface area contributed by atoms with Crippen LogP contribution in [0, 0.1) is 0 Å². The standard InChI is InChI=1S/C15H17ClN2O2S/c1-3-12-15(16)13(18(2)17-12)9-21-11-6-4-10(5-7-11)8-14(19)20/h4-7H,3,8-9H2,1-2H3,(H,19,20). The van der Waals surface area contributed by atoms with E-state index < -0.39 is 5.97 Å². The minimum Gasteiger partial charge on any atom is -0.481 e. The van der Waals surface area contributed by atoms with Crippen molar-refractivity contribution in [1.82, 2.24) is 9.78 Å². The lowest BCUT2D eigenvalue weighted by Crippen LogP contribution is -1.99. The van der Waals surface area contributed by atoms with Crippen LogP contribution in [0.5, 0.6) is 0 Å². The Morgan fingerprint density at radius 2 is 2.05 bits per heavy atom. The smallest absolute Gasteiger partial charge is 0.307 e. The van der Waals surface area contributed by atoms with Crippen molar-refractivity contribution in [3.05, 3.63) is 46.2 Å². The lowest BCUT2D eigenvalue weighted by molar-refractivity contribution is -0.136. The number of carboxylic acids is 1. The van der Waals surface area contributed by atoms with Crippen LogP contribution in [-0.2, 0) is 30.4 Å². The molecule has 2 rings (SSSR count). The zero-order valence-corrected chi connectivity index (χ0v) is 13.5. The van der Waals surface area contributed by atoms with Crippen LogP contribution < -0.4 is 0 Å². The summed E-state index contributed by atoms with van der Waals surface area (Å²) in [5.74, 6) is -0.0789. The maximum absolute atomic E-state index is 10.6. The van der Waals surface area contributed by atoms with Crippen molar-refractivity contribution >= 4 is 29.3 Å². The van der Waals surface area contributed by atoms with Gasteiger partial charge in [-0.25, -0.2) is 0 Å². The van der Waals surface area contributed by atoms with Crippen molar-refractivity contribution in [2.45, 2.75) is 30.4 Å². The minimum absolute atomic E-state index is 0.0539. The predicted octanol–water partition coefficient (Wildman–Crippen LogP) is 3.56. The van der Waals surface area contributed by atoms with Gasteiger partial charge in [0.05, 0.1) is 22.8 Å². The van der Waals surface area contributed by atoms with Crippen LogP contribution in [-0.4, -0.2) is 20.9 Å². The summed E-state index contributed by atoms with van der Waals surface area (Å²) in [6.45, 7) is 2.03. The number of carbonyl (C=O) groups is 1. The normalized spacial score (nSPS) is 10.8. The number of aryl methyl sites for hydroxylation is 2. The van der Waals surface area contributed by atoms with E-state index in [0.717, 1.165) is 39.0 Å². The molecule has 0 saturated carbocycles. The van der Waals surface area contributed by atoms with E-state index in [0.29, 0.717) is 0 Å². The van der Waals surface area contributed by atoms with Gasteiger partial charge in [-0.1, -0.05) is 30.7 Å². The number of hydrogen-bond acceptors (Lipinski definition) is 3. The van der Waals surface area contributed by atoms with Crippen molar-refractivity contribution in [2.24, 2.45) is 7.05 Å². The fourth-order valence-corrected chi connectivity index (χ4v) is 3.41. The van der Waals surface area contributed by atoms with Crippen LogP contribution in [0.1, 0.15) is 23.9 Å². The first-order valence-electron chi connectivity index (χ1n) is 6.65. The molecule has 0 amide bonds. The number of carboxylic acid groups (broad SMARTS) is 1. The first-order valence-corrected chi connectivity index (χ1v) is 8.01. The van der Waals surface area contributed by atoms with E-state index in [4.69, 9.17) is 16.7 Å². The molecule has 0 aliphatic heterocycles. The lowest BCUT2D eigenvalue weighted by atomic mass is 10.2. The monoisotopic (exact) mass is 324 g/mol. The zero-order chi connectivity index (χ0) is 15.4. The van der Waals surface area contributed by atoms with Crippen molar-refractivity contribution in [2.75, 3.05) is 0 Å². The van der Waals surface area contributed by atoms with E-state index in [1.165, 1.54) is 0 Å². The molecule has 0 unspecified atom stereocenters. The molecule has 0 saturated heterocycles. The van der Waals surface area contributed by atoms with Crippen LogP contribution in [0.3, 0.4) is 0 Å². The fourth-order valence-electron chi connectivity index (χ4n) is 2.01. The molecule has 0 spiro atoms. The van der Waals surface area contributed by atoms with Gasteiger partial charge < -0.3 is 5.11 Å². The van der Waals surface area contributed by atoms with E-state index in [1.807, 2.05) is 42.9 Å². The molecule has 0 radical (unpaired) electrons. The molecule has 1 N–H and O–H groups in total. The van der Waals surface area contributed by atoms with E-state index >= 15 is 0 Å². The van der Waals surface area contributed by atoms with Crippen LogP contribution in [0.2, 0.25) is 5.02 Å². The molecular formula is C15H17ClN2O2S. The van der Waals surface area contributed by atoms with Gasteiger partial charge in [-0.2, -0.15) is 5.10 Å². The lowest BCUT2D eigenvalue weighted by Gasteiger charge is -2.04. The van der Waals surface area contributed by atoms with Gasteiger partial charge in [0.15, 0.2) is 0 Å². The number of aliphatic carboxylic acids is 1. The second kappa shape index (κ2) is 7.00. The molecule has 112 valence electrons. The highest BCUT2D eigenvalue weighted by molar-refractivity contribution is 7.98. The Labute approximate surface area is 133 Å². The molecule has 1 aromatic heterocycles. The third kappa shape index (κ3) is 4.02. The maximum atomic E-state index is 10.6. The van der Waals surface area contributed by atoms with Gasteiger partial charge in [0.2, 0.25) is 0 Å². The van der Waals surface area contributed by atoms with Crippen molar-refractivity contribution < 1.29 is 9.90 Å². The molecule has 0 aliphatic carbocycles. The van der Waals surface area contributed by atoms with Gasteiger partial charge in [0, 0.05) is 17.7 Å². The predicted molar refractivity (Wildman–Crippen MR) is 84.9 cm³/mol. The molecule has 0 atom stereocenters. The Morgan fingerprint density at radius 3 is 2.57 bits per heavy atom. The Hall–Kier alpha value is -1.46. The van der Waals surface area contributed by atoms with Crippen LogP contribution >= 0.6 is 23.4 Å². The number of thioether (sulfide) groups is 1. The second-order valence-corrected chi connectivity index (χ2v) is 6.11. The van der Waals surface area contributed by atoms with Crippen LogP contribution in [0.15, 0.2) is 29.2 Å². The summed E-state index contributed by atoms with van der Waals surface area (Å²) in [5, 5.41) is 13.9. The van der Waals surface area contributed by atoms with Gasteiger partial charge in [0.25, 0.3) is 0 Å². The molecule has 0 bridgehead atoms. The summed E-state index contributed by atoms with van der Waals surface area (Å²) in [6, 6.07) is 7.57. The molecule has 1 heterocycles. The summed E-state index contributed by atoms with van der Waals surface area (Å²) in [7, 11) is 1.90. The summed E-state index contributed by atoms with van der Waals surface area (Å²) in [5.41, 5.74) is 2.73. The summed E-state index contributed by atoms with van der Waals surface area (Å²) in [6.07, 6.45) is 0.875. The van der Waals surface area contributed by atoms with E-state index in [-0.39, 0.29) is 6.42 Å². The highest BCUT2D eigenvalue weighted by atomic mass is 35.5. The Morgan fingerprint density at radius 1 is 1.38 bits per heavy atom. The highest BCUT2D eigenvalue weighted by Gasteiger charge is 2.13. The average molecular weight is 325 g/mol. The largest absolute Gasteiger partial charge is 0.481 e. The molecule has 6 heteroatoms. The Kier molecular flexibility index (Phi) is 5.31. The highest BCUT2D eigenvalue weighted by Crippen LogP contribution is 2.28. The maximum Gasteiger partial charge on any atom is 0.307 e. The van der Waals surface area contributed by atoms with E-state index in [2.05, 4.69) is 5.10 Å². The fraction of sp³-hybridized carbons (Fsp3) is 0.333. The number of aromatic nitrogens is 2. The SMILES string of the molecule is CCc1nn(C)c(CSc2ccc(CC(=O)O)cc2)c1Cl. The number of benzene rings is 1. The Bertz CT molecular complexity index is 638. The van der Waals surface area contributed by atoms with Gasteiger partial charge >= 0.3 is 5.97 Å². The third-order valence-corrected chi connectivity index (χ3v) is 4.62. The van der Waals surface area contributed by atoms with Crippen LogP contribution in [0.25, 0.3) is 0 Å². The second-order valence-electron chi connectivity index (χ2n) is 4.69. The minimum atomic E-state index is -0.816. The molecule has 0 fully saturated rings. The summed E-state index contributed by atoms with van der Waals surface area (Å²) < 4.78 is 1.83. The van der Waals surface area contributed by atoms with Crippen molar-refractivity contribution in [3.63, 3.8) is 0 Å². The summed E-state index contributed by atoms with van der Waals surface area (Å²) >= 11 is 7.98. The molecule has 1 aromatic carbocycles. The number of nitrogens with zero attached hydrogens (tertiary/aromatic N) is 2. The molecule has 4 nitrogen and oxygen atoms in total. The number of halogens is 1. The average Bonchev–Trinajstić information content (AvgIpc) is 2.72. The molecular weight excluding hydrogens is 308 g/mol. The molecule has 21 heavy (non-hydrogen) atoms. The van der Waals surface area contributed by atoms with Gasteiger partial charge in [-0.15, -0.1) is 11.8 Å². The van der Waals surface area contributed by atoms with Gasteiger partial charge in [-0.05, 0) is 24.1 Å². The van der Waals surface area contributed by atoms with E-state index in [9.17, 15) is 4.79 Å². The quantitative estimate of drug-likeness (QED) is 0.825. The van der Waals surface area contributed by atoms with Crippen molar-refractivity contribution in [3.8, 4) is 0 Å². The number of rotatable bonds is 6. The number of hydrogen-bond donors (Lipinski definition) is 1. The topological polar surface area (TPSA) is 55.1 Å². The van der Waals surface area contributed by atoms with Crippen LogP contribution in [0.4, 0.5) is 0 Å². The third-order valence-electron chi connectivity index (χ3n) is 3.16. The van der Waals surface area contributed by atoms with E-state index in [1.54, 1.807) is 11.8 Å². The summed E-state index contributed by atoms with van der Waals surface area (Å²) in [4.78, 5) is 11.7. The zero-order valence-electron chi connectivity index (χ0n) is 12.0. The van der Waals surface area contributed by atoms with Crippen molar-refractivity contribution in [1.29, 1.82) is 0 Å². The molecule has 0 aliphatic rings. The molecule has 2 aromatic rings. The first kappa shape index (κ1) is 15.9. The first-order chi connectivity index (χ1) is 10.0. The van der Waals surface area contributed by atoms with Gasteiger partial charge in [0.1, 0.15) is 0 Å².